The first-order chi connectivity index (χ1) is 9.30. The fraction of sp³-hybridized carbons (Fsp3) is 0.133. The SMILES string of the molecule is COc1ccc2cc(-c3ccc(CN)cn3)sc2c1. The average molecular weight is 270 g/mol. The molecular formula is C15H14N2OS. The lowest BCUT2D eigenvalue weighted by Gasteiger charge is -1.98. The van der Waals surface area contributed by atoms with Crippen molar-refractivity contribution in [1.29, 1.82) is 0 Å². The van der Waals surface area contributed by atoms with Crippen LogP contribution in [0.5, 0.6) is 5.75 Å². The molecule has 0 spiro atoms. The summed E-state index contributed by atoms with van der Waals surface area (Å²) in [6.45, 7) is 0.525. The maximum absolute atomic E-state index is 5.58. The van der Waals surface area contributed by atoms with E-state index in [0.29, 0.717) is 6.54 Å². The normalized spacial score (nSPS) is 10.8. The molecule has 0 aliphatic heterocycles. The second-order valence-corrected chi connectivity index (χ2v) is 5.35. The second kappa shape index (κ2) is 4.99. The van der Waals surface area contributed by atoms with Crippen molar-refractivity contribution in [3.8, 4) is 16.3 Å². The van der Waals surface area contributed by atoms with Crippen molar-refractivity contribution in [2.75, 3.05) is 7.11 Å². The molecule has 4 heteroatoms. The lowest BCUT2D eigenvalue weighted by molar-refractivity contribution is 0.415. The van der Waals surface area contributed by atoms with Crippen LogP contribution in [0, 0.1) is 0 Å². The molecule has 1 aromatic carbocycles. The molecule has 3 nitrogen and oxygen atoms in total. The number of rotatable bonds is 3. The fourth-order valence-electron chi connectivity index (χ4n) is 1.96. The molecule has 0 saturated heterocycles. The minimum absolute atomic E-state index is 0.525. The van der Waals surface area contributed by atoms with Crippen molar-refractivity contribution in [1.82, 2.24) is 4.98 Å². The molecule has 3 rings (SSSR count). The zero-order valence-corrected chi connectivity index (χ0v) is 11.4. The Morgan fingerprint density at radius 1 is 1.21 bits per heavy atom. The van der Waals surface area contributed by atoms with Crippen molar-refractivity contribution >= 4 is 21.4 Å². The van der Waals surface area contributed by atoms with Gasteiger partial charge >= 0.3 is 0 Å². The lowest BCUT2D eigenvalue weighted by atomic mass is 10.2. The van der Waals surface area contributed by atoms with Crippen LogP contribution in [0.15, 0.2) is 42.6 Å². The number of methoxy groups -OCH3 is 1. The van der Waals surface area contributed by atoms with E-state index < -0.39 is 0 Å². The smallest absolute Gasteiger partial charge is 0.120 e. The molecule has 0 aliphatic carbocycles. The minimum Gasteiger partial charge on any atom is -0.497 e. The number of nitrogens with zero attached hydrogens (tertiary/aromatic N) is 1. The molecule has 0 unspecified atom stereocenters. The fourth-order valence-corrected chi connectivity index (χ4v) is 3.02. The molecule has 2 heterocycles. The third kappa shape index (κ3) is 2.32. The number of aromatic nitrogens is 1. The predicted octanol–water partition coefficient (Wildman–Crippen LogP) is 3.43. The van der Waals surface area contributed by atoms with Gasteiger partial charge in [-0.15, -0.1) is 11.3 Å². The number of hydrogen-bond donors (Lipinski definition) is 1. The summed E-state index contributed by atoms with van der Waals surface area (Å²) in [6.07, 6.45) is 1.83. The van der Waals surface area contributed by atoms with Gasteiger partial charge in [-0.05, 0) is 41.3 Å². The molecule has 96 valence electrons. The molecule has 2 N–H and O–H groups in total. The molecule has 2 aromatic heterocycles. The largest absolute Gasteiger partial charge is 0.497 e. The first kappa shape index (κ1) is 12.1. The zero-order valence-electron chi connectivity index (χ0n) is 10.6. The van der Waals surface area contributed by atoms with Crippen molar-refractivity contribution in [2.45, 2.75) is 6.54 Å². The molecule has 0 bridgehead atoms. The summed E-state index contributed by atoms with van der Waals surface area (Å²) >= 11 is 1.72. The highest BCUT2D eigenvalue weighted by Crippen LogP contribution is 2.34. The van der Waals surface area contributed by atoms with Gasteiger partial charge in [0.25, 0.3) is 0 Å². The van der Waals surface area contributed by atoms with E-state index in [1.165, 1.54) is 10.1 Å². The molecule has 3 aromatic rings. The number of nitrogens with two attached hydrogens (primary N) is 1. The Bertz CT molecular complexity index is 704. The van der Waals surface area contributed by atoms with Crippen molar-refractivity contribution in [3.05, 3.63) is 48.2 Å². The van der Waals surface area contributed by atoms with Gasteiger partial charge in [0.05, 0.1) is 17.7 Å². The Balaban J connectivity index is 2.04. The first-order valence-electron chi connectivity index (χ1n) is 6.03. The average Bonchev–Trinajstić information content (AvgIpc) is 2.90. The maximum atomic E-state index is 5.58. The monoisotopic (exact) mass is 270 g/mol. The lowest BCUT2D eigenvalue weighted by Crippen LogP contribution is -1.96. The highest BCUT2D eigenvalue weighted by Gasteiger charge is 2.06. The van der Waals surface area contributed by atoms with Gasteiger partial charge < -0.3 is 10.5 Å². The Hall–Kier alpha value is -1.91. The molecule has 0 radical (unpaired) electrons. The molecule has 0 fully saturated rings. The predicted molar refractivity (Wildman–Crippen MR) is 79.5 cm³/mol. The first-order valence-corrected chi connectivity index (χ1v) is 6.85. The van der Waals surface area contributed by atoms with E-state index >= 15 is 0 Å². The molecule has 0 saturated carbocycles. The molecule has 19 heavy (non-hydrogen) atoms. The number of hydrogen-bond acceptors (Lipinski definition) is 4. The van der Waals surface area contributed by atoms with E-state index in [1.54, 1.807) is 18.4 Å². The van der Waals surface area contributed by atoms with Crippen LogP contribution in [0.4, 0.5) is 0 Å². The van der Waals surface area contributed by atoms with Gasteiger partial charge in [0.15, 0.2) is 0 Å². The minimum atomic E-state index is 0.525. The summed E-state index contributed by atoms with van der Waals surface area (Å²) < 4.78 is 6.45. The standard InChI is InChI=1S/C15H14N2OS/c1-18-12-4-3-11-6-15(19-14(11)7-12)13-5-2-10(8-16)9-17-13/h2-7,9H,8,16H2,1H3. The van der Waals surface area contributed by atoms with Crippen LogP contribution >= 0.6 is 11.3 Å². The van der Waals surface area contributed by atoms with Crippen LogP contribution in [0.2, 0.25) is 0 Å². The summed E-state index contributed by atoms with van der Waals surface area (Å²) in [5, 5.41) is 1.21. The third-order valence-corrected chi connectivity index (χ3v) is 4.16. The quantitative estimate of drug-likeness (QED) is 0.793. The molecule has 0 amide bonds. The Kier molecular flexibility index (Phi) is 3.19. The Morgan fingerprint density at radius 2 is 2.11 bits per heavy atom. The van der Waals surface area contributed by atoms with Crippen molar-refractivity contribution in [2.24, 2.45) is 5.73 Å². The maximum Gasteiger partial charge on any atom is 0.120 e. The number of thiophene rings is 1. The summed E-state index contributed by atoms with van der Waals surface area (Å²) in [7, 11) is 1.68. The second-order valence-electron chi connectivity index (χ2n) is 4.27. The van der Waals surface area contributed by atoms with E-state index in [4.69, 9.17) is 10.5 Å². The van der Waals surface area contributed by atoms with Gasteiger partial charge in [0.2, 0.25) is 0 Å². The van der Waals surface area contributed by atoms with Crippen LogP contribution in [0.3, 0.4) is 0 Å². The van der Waals surface area contributed by atoms with Crippen molar-refractivity contribution in [3.63, 3.8) is 0 Å². The van der Waals surface area contributed by atoms with Gasteiger partial charge in [-0.3, -0.25) is 4.98 Å². The van der Waals surface area contributed by atoms with Gasteiger partial charge in [0.1, 0.15) is 5.75 Å². The third-order valence-electron chi connectivity index (χ3n) is 3.04. The van der Waals surface area contributed by atoms with Crippen LogP contribution in [-0.4, -0.2) is 12.1 Å². The summed E-state index contributed by atoms with van der Waals surface area (Å²) in [5.74, 6) is 0.882. The van der Waals surface area contributed by atoms with Gasteiger partial charge in [-0.1, -0.05) is 6.07 Å². The number of fused-ring (bicyclic) bond motifs is 1. The van der Waals surface area contributed by atoms with Gasteiger partial charge in [-0.25, -0.2) is 0 Å². The van der Waals surface area contributed by atoms with Gasteiger partial charge in [-0.2, -0.15) is 0 Å². The van der Waals surface area contributed by atoms with E-state index in [0.717, 1.165) is 21.9 Å². The summed E-state index contributed by atoms with van der Waals surface area (Å²) in [6, 6.07) is 12.3. The number of benzene rings is 1. The van der Waals surface area contributed by atoms with Crippen LogP contribution in [0.25, 0.3) is 20.7 Å². The zero-order chi connectivity index (χ0) is 13.2. The topological polar surface area (TPSA) is 48.1 Å². The Labute approximate surface area is 115 Å². The molecule has 0 aliphatic rings. The van der Waals surface area contributed by atoms with E-state index in [2.05, 4.69) is 23.2 Å². The van der Waals surface area contributed by atoms with Crippen LogP contribution < -0.4 is 10.5 Å². The van der Waals surface area contributed by atoms with E-state index in [9.17, 15) is 0 Å². The summed E-state index contributed by atoms with van der Waals surface area (Å²) in [5.41, 5.74) is 7.61. The highest BCUT2D eigenvalue weighted by molar-refractivity contribution is 7.22. The van der Waals surface area contributed by atoms with Gasteiger partial charge in [0, 0.05) is 17.4 Å². The Morgan fingerprint density at radius 3 is 2.79 bits per heavy atom. The summed E-state index contributed by atoms with van der Waals surface area (Å²) in [4.78, 5) is 5.62. The number of pyridine rings is 1. The molecular weight excluding hydrogens is 256 g/mol. The van der Waals surface area contributed by atoms with Crippen molar-refractivity contribution < 1.29 is 4.74 Å². The van der Waals surface area contributed by atoms with E-state index in [1.807, 2.05) is 24.4 Å². The number of ether oxygens (including phenoxy) is 1. The van der Waals surface area contributed by atoms with E-state index in [-0.39, 0.29) is 0 Å². The highest BCUT2D eigenvalue weighted by atomic mass is 32.1. The van der Waals surface area contributed by atoms with Crippen LogP contribution in [-0.2, 0) is 6.54 Å². The molecule has 0 atom stereocenters. The van der Waals surface area contributed by atoms with Crippen LogP contribution in [0.1, 0.15) is 5.56 Å².